The smallest absolute Gasteiger partial charge is 0.227 e. The minimum Gasteiger partial charge on any atom is -0.497 e. The molecular weight excluding hydrogens is 466 g/mol. The van der Waals surface area contributed by atoms with Crippen molar-refractivity contribution in [1.82, 2.24) is 24.3 Å². The topological polar surface area (TPSA) is 83.7 Å². The van der Waals surface area contributed by atoms with Gasteiger partial charge in [-0.05, 0) is 53.1 Å². The second-order valence-corrected chi connectivity index (χ2v) is 10.2. The molecule has 0 saturated carbocycles. The van der Waals surface area contributed by atoms with Crippen molar-refractivity contribution >= 4 is 16.8 Å². The fourth-order valence-electron chi connectivity index (χ4n) is 6.26. The molecule has 1 amide bonds. The zero-order valence-corrected chi connectivity index (χ0v) is 21.2. The Morgan fingerprint density at radius 2 is 1.70 bits per heavy atom. The summed E-state index contributed by atoms with van der Waals surface area (Å²) < 4.78 is 7.73. The summed E-state index contributed by atoms with van der Waals surface area (Å²) in [6.07, 6.45) is 7.44. The number of carbonyl (C=O) groups is 1. The number of ether oxygens (including phenoxy) is 1. The van der Waals surface area contributed by atoms with E-state index in [0.717, 1.165) is 34.6 Å². The Morgan fingerprint density at radius 3 is 2.35 bits per heavy atom. The first-order valence-corrected chi connectivity index (χ1v) is 12.6. The summed E-state index contributed by atoms with van der Waals surface area (Å²) >= 11 is 0. The van der Waals surface area contributed by atoms with Crippen LogP contribution in [0.25, 0.3) is 10.9 Å². The molecule has 4 aromatic rings. The molecule has 190 valence electrons. The molecule has 2 aliphatic heterocycles. The van der Waals surface area contributed by atoms with Gasteiger partial charge in [0, 0.05) is 80.6 Å². The molecule has 8 nitrogen and oxygen atoms in total. The van der Waals surface area contributed by atoms with Gasteiger partial charge in [-0.2, -0.15) is 0 Å². The number of benzene rings is 1. The number of amides is 1. The van der Waals surface area contributed by atoms with Crippen molar-refractivity contribution in [3.05, 3.63) is 89.6 Å². The molecule has 37 heavy (non-hydrogen) atoms. The molecule has 0 bridgehead atoms. The van der Waals surface area contributed by atoms with Gasteiger partial charge >= 0.3 is 0 Å². The molecule has 1 saturated heterocycles. The lowest BCUT2D eigenvalue weighted by atomic mass is 9.68. The van der Waals surface area contributed by atoms with Crippen LogP contribution in [0.2, 0.25) is 0 Å². The van der Waals surface area contributed by atoms with E-state index in [2.05, 4.69) is 38.6 Å². The number of carbonyl (C=O) groups excluding carboxylic acids is 1. The summed E-state index contributed by atoms with van der Waals surface area (Å²) in [7, 11) is 3.74. The van der Waals surface area contributed by atoms with Crippen LogP contribution >= 0.6 is 0 Å². The van der Waals surface area contributed by atoms with Crippen LogP contribution in [0.1, 0.15) is 28.4 Å². The lowest BCUT2D eigenvalue weighted by Gasteiger charge is -2.56. The van der Waals surface area contributed by atoms with Gasteiger partial charge in [-0.25, -0.2) is 0 Å². The van der Waals surface area contributed by atoms with E-state index < -0.39 is 0 Å². The summed E-state index contributed by atoms with van der Waals surface area (Å²) in [5.41, 5.74) is 5.36. The van der Waals surface area contributed by atoms with Crippen molar-refractivity contribution in [3.63, 3.8) is 0 Å². The van der Waals surface area contributed by atoms with Crippen molar-refractivity contribution in [1.29, 1.82) is 0 Å². The van der Waals surface area contributed by atoms with Gasteiger partial charge in [0.05, 0.1) is 31.7 Å². The fraction of sp³-hybridized carbons (Fsp3) is 0.345. The number of fused-ring (bicyclic) bond motifs is 4. The normalized spacial score (nSPS) is 18.6. The average molecular weight is 498 g/mol. The van der Waals surface area contributed by atoms with Gasteiger partial charge in [-0.1, -0.05) is 0 Å². The van der Waals surface area contributed by atoms with E-state index >= 15 is 0 Å². The van der Waals surface area contributed by atoms with Crippen LogP contribution in [-0.2, 0) is 30.2 Å². The summed E-state index contributed by atoms with van der Waals surface area (Å²) in [5.74, 6) is 0.932. The third-order valence-corrected chi connectivity index (χ3v) is 8.00. The van der Waals surface area contributed by atoms with Gasteiger partial charge in [-0.3, -0.25) is 19.7 Å². The fourth-order valence-corrected chi connectivity index (χ4v) is 6.26. The van der Waals surface area contributed by atoms with Crippen molar-refractivity contribution < 1.29 is 14.6 Å². The Morgan fingerprint density at radius 1 is 1.03 bits per heavy atom. The quantitative estimate of drug-likeness (QED) is 0.441. The molecule has 1 fully saturated rings. The molecule has 8 heteroatoms. The highest BCUT2D eigenvalue weighted by Gasteiger charge is 2.54. The predicted octanol–water partition coefficient (Wildman–Crippen LogP) is 2.85. The number of hydrogen-bond acceptors (Lipinski definition) is 6. The standard InChI is InChI=1S/C29H31N5O3/c1-32-24-14-22(37-2)3-4-23(24)27-28(32)25(16-35)33(15-21-7-11-31-12-8-21)17-29(27)18-34(19-29)26(36)13-20-5-9-30-10-6-20/h3-12,14,25,35H,13,15-19H2,1-2H3/t25-/m0/s1. The van der Waals surface area contributed by atoms with Crippen LogP contribution in [0.4, 0.5) is 0 Å². The molecule has 2 aliphatic rings. The number of aryl methyl sites for hydroxylation is 1. The number of aliphatic hydroxyl groups excluding tert-OH is 1. The largest absolute Gasteiger partial charge is 0.497 e. The third-order valence-electron chi connectivity index (χ3n) is 8.00. The Kier molecular flexibility index (Phi) is 5.93. The molecule has 1 N–H and O–H groups in total. The second kappa shape index (κ2) is 9.28. The van der Waals surface area contributed by atoms with Gasteiger partial charge in [0.2, 0.25) is 5.91 Å². The summed E-state index contributed by atoms with van der Waals surface area (Å²) in [5, 5.41) is 11.8. The zero-order chi connectivity index (χ0) is 25.6. The second-order valence-electron chi connectivity index (χ2n) is 10.2. The number of likely N-dealkylation sites (tertiary alicyclic amines) is 1. The highest BCUT2D eigenvalue weighted by Crippen LogP contribution is 2.50. The van der Waals surface area contributed by atoms with E-state index in [1.54, 1.807) is 31.9 Å². The van der Waals surface area contributed by atoms with Crippen LogP contribution in [0, 0.1) is 0 Å². The Balaban J connectivity index is 1.40. The third kappa shape index (κ3) is 3.97. The van der Waals surface area contributed by atoms with Crippen LogP contribution in [0.15, 0.2) is 67.3 Å². The highest BCUT2D eigenvalue weighted by atomic mass is 16.5. The maximum Gasteiger partial charge on any atom is 0.227 e. The number of pyridine rings is 2. The molecule has 1 aromatic carbocycles. The number of aromatic nitrogens is 3. The van der Waals surface area contributed by atoms with Gasteiger partial charge < -0.3 is 19.3 Å². The lowest BCUT2D eigenvalue weighted by molar-refractivity contribution is -0.140. The lowest BCUT2D eigenvalue weighted by Crippen LogP contribution is -2.67. The number of nitrogens with zero attached hydrogens (tertiary/aromatic N) is 5. The van der Waals surface area contributed by atoms with E-state index in [1.807, 2.05) is 35.2 Å². The van der Waals surface area contributed by atoms with Gasteiger partial charge in [0.1, 0.15) is 5.75 Å². The Labute approximate surface area is 216 Å². The van der Waals surface area contributed by atoms with Crippen LogP contribution < -0.4 is 4.74 Å². The minimum absolute atomic E-state index is 0.0140. The molecule has 0 radical (unpaired) electrons. The first kappa shape index (κ1) is 23.6. The van der Waals surface area contributed by atoms with Crippen molar-refractivity contribution in [2.24, 2.45) is 7.05 Å². The maximum absolute atomic E-state index is 13.2. The van der Waals surface area contributed by atoms with E-state index in [-0.39, 0.29) is 24.0 Å². The summed E-state index contributed by atoms with van der Waals surface area (Å²) in [4.78, 5) is 25.8. The zero-order valence-electron chi connectivity index (χ0n) is 21.2. The molecule has 5 heterocycles. The molecule has 6 rings (SSSR count). The van der Waals surface area contributed by atoms with Crippen LogP contribution in [-0.4, -0.2) is 68.7 Å². The molecular formula is C29H31N5O3. The number of aliphatic hydroxyl groups is 1. The van der Waals surface area contributed by atoms with Gasteiger partial charge in [0.25, 0.3) is 0 Å². The molecule has 0 unspecified atom stereocenters. The Bertz CT molecular complexity index is 1430. The highest BCUT2D eigenvalue weighted by molar-refractivity contribution is 5.90. The van der Waals surface area contributed by atoms with Gasteiger partial charge in [0.15, 0.2) is 0 Å². The van der Waals surface area contributed by atoms with Crippen molar-refractivity contribution in [2.45, 2.75) is 24.4 Å². The number of methoxy groups -OCH3 is 1. The predicted molar refractivity (Wildman–Crippen MR) is 140 cm³/mol. The molecule has 1 spiro atoms. The van der Waals surface area contributed by atoms with Crippen LogP contribution in [0.5, 0.6) is 5.75 Å². The monoisotopic (exact) mass is 497 g/mol. The van der Waals surface area contributed by atoms with E-state index in [9.17, 15) is 9.90 Å². The van der Waals surface area contributed by atoms with E-state index in [0.29, 0.717) is 26.1 Å². The molecule has 1 atom stereocenters. The van der Waals surface area contributed by atoms with E-state index in [4.69, 9.17) is 4.74 Å². The van der Waals surface area contributed by atoms with Crippen molar-refractivity contribution in [3.8, 4) is 5.75 Å². The summed E-state index contributed by atoms with van der Waals surface area (Å²) in [6.45, 7) is 2.78. The summed E-state index contributed by atoms with van der Waals surface area (Å²) in [6, 6.07) is 13.9. The van der Waals surface area contributed by atoms with E-state index in [1.165, 1.54) is 10.9 Å². The first-order chi connectivity index (χ1) is 18.0. The van der Waals surface area contributed by atoms with Gasteiger partial charge in [-0.15, -0.1) is 0 Å². The number of hydrogen-bond donors (Lipinski definition) is 1. The maximum atomic E-state index is 13.2. The number of rotatable bonds is 6. The van der Waals surface area contributed by atoms with Crippen LogP contribution in [0.3, 0.4) is 0 Å². The van der Waals surface area contributed by atoms with Crippen molar-refractivity contribution in [2.75, 3.05) is 33.4 Å². The first-order valence-electron chi connectivity index (χ1n) is 12.6. The molecule has 0 aliphatic carbocycles. The Hall–Kier alpha value is -3.75. The SMILES string of the molecule is COc1ccc2c3c(n(C)c2c1)[C@H](CO)N(Cc1ccncc1)CC31CN(C(=O)Cc2ccncc2)C1. The average Bonchev–Trinajstić information content (AvgIpc) is 3.20. The minimum atomic E-state index is -0.212. The molecule has 3 aromatic heterocycles.